The number of hydrogen-bond donors (Lipinski definition) is 1. The van der Waals surface area contributed by atoms with Gasteiger partial charge in [-0.2, -0.15) is 0 Å². The number of nitrogens with zero attached hydrogens (tertiary/aromatic N) is 2. The number of benzene rings is 2. The summed E-state index contributed by atoms with van der Waals surface area (Å²) in [5.74, 6) is 1.28. The van der Waals surface area contributed by atoms with Gasteiger partial charge >= 0.3 is 0 Å². The Kier molecular flexibility index (Phi) is 13.8. The summed E-state index contributed by atoms with van der Waals surface area (Å²) >= 11 is 0. The topological polar surface area (TPSA) is 76.2 Å². The molecule has 0 aliphatic rings. The van der Waals surface area contributed by atoms with Crippen LogP contribution in [0.5, 0.6) is 0 Å². The van der Waals surface area contributed by atoms with E-state index in [-0.39, 0.29) is 50.9 Å². The largest absolute Gasteiger partial charge is 0.512 e. The van der Waals surface area contributed by atoms with E-state index < -0.39 is 0 Å². The zero-order chi connectivity index (χ0) is 27.1. The van der Waals surface area contributed by atoms with Crippen LogP contribution in [-0.4, -0.2) is 20.9 Å². The minimum Gasteiger partial charge on any atom is -0.512 e. The summed E-state index contributed by atoms with van der Waals surface area (Å²) in [7, 11) is 0. The van der Waals surface area contributed by atoms with E-state index in [1.807, 2.05) is 65.8 Å². The van der Waals surface area contributed by atoms with Crippen LogP contribution in [0.1, 0.15) is 77.8 Å². The van der Waals surface area contributed by atoms with Crippen molar-refractivity contribution in [3.8, 4) is 11.3 Å². The van der Waals surface area contributed by atoms with Gasteiger partial charge in [0.2, 0.25) is 0 Å². The summed E-state index contributed by atoms with van der Waals surface area (Å²) in [6.07, 6.45) is 4.91. The number of aromatic nitrogens is 2. The summed E-state index contributed by atoms with van der Waals surface area (Å²) in [4.78, 5) is 20.9. The first-order valence-corrected chi connectivity index (χ1v) is 13.3. The van der Waals surface area contributed by atoms with Gasteiger partial charge in [0.1, 0.15) is 22.5 Å². The minimum atomic E-state index is 0. The predicted molar refractivity (Wildman–Crippen MR) is 158 cm³/mol. The number of fused-ring (bicyclic) bond motifs is 3. The molecule has 0 spiro atoms. The Balaban J connectivity index is 0.000000401. The fourth-order valence-electron chi connectivity index (χ4n) is 4.69. The molecule has 0 atom stereocenters. The molecule has 1 N–H and O–H groups in total. The van der Waals surface area contributed by atoms with Gasteiger partial charge in [-0.15, -0.1) is 34.9 Å². The third kappa shape index (κ3) is 8.33. The van der Waals surface area contributed by atoms with E-state index in [4.69, 9.17) is 4.42 Å². The molecule has 2 heterocycles. The number of para-hydroxylation sites is 1. The van der Waals surface area contributed by atoms with Crippen molar-refractivity contribution < 1.29 is 34.4 Å². The van der Waals surface area contributed by atoms with Crippen molar-refractivity contribution in [2.24, 2.45) is 11.8 Å². The number of aliphatic hydroxyl groups excluding tert-OH is 1. The van der Waals surface area contributed by atoms with Gasteiger partial charge in [-0.3, -0.25) is 9.78 Å². The van der Waals surface area contributed by atoms with Crippen LogP contribution in [-0.2, 0) is 24.9 Å². The fourth-order valence-corrected chi connectivity index (χ4v) is 4.69. The number of carbonyl (C=O) groups is 1. The molecule has 0 saturated heterocycles. The molecule has 0 fully saturated rings. The van der Waals surface area contributed by atoms with Crippen molar-refractivity contribution in [3.05, 3.63) is 71.3 Å². The molecule has 213 valence electrons. The first-order valence-electron chi connectivity index (χ1n) is 13.3. The van der Waals surface area contributed by atoms with Gasteiger partial charge in [0.25, 0.3) is 0 Å². The zero-order valence-electron chi connectivity index (χ0n) is 23.5. The molecule has 0 aliphatic carbocycles. The number of furan rings is 1. The van der Waals surface area contributed by atoms with Crippen molar-refractivity contribution in [2.75, 3.05) is 0 Å². The number of rotatable bonds is 8. The van der Waals surface area contributed by atoms with Gasteiger partial charge < -0.3 is 9.52 Å². The molecule has 2 aromatic carbocycles. The van der Waals surface area contributed by atoms with Crippen LogP contribution < -0.4 is 0 Å². The van der Waals surface area contributed by atoms with Crippen molar-refractivity contribution in [3.63, 3.8) is 0 Å². The third-order valence-corrected chi connectivity index (χ3v) is 6.82. The Morgan fingerprint density at radius 2 is 1.59 bits per heavy atom. The van der Waals surface area contributed by atoms with Crippen LogP contribution in [0.3, 0.4) is 0 Å². The first kappa shape index (κ1) is 34.2. The molecular weight excluding hydrogens is 665 g/mol. The Hall–Kier alpha value is -2.82. The number of allylic oxidation sites excluding steroid dienone is 2. The average Bonchev–Trinajstić information content (AvgIpc) is 3.23. The molecule has 0 bridgehead atoms. The van der Waals surface area contributed by atoms with E-state index in [0.29, 0.717) is 0 Å². The molecule has 5 nitrogen and oxygen atoms in total. The van der Waals surface area contributed by atoms with Gasteiger partial charge in [-0.25, -0.2) is 4.98 Å². The second kappa shape index (κ2) is 15.7. The SMILES string of the molecule is C.CCC(CC)C(=O)C=C(O)C(CC)CC.Cc1[c-]c(-c2nc(C)nc3c2oc2ccccc23)cc(C)c1.[Ir]. The zero-order valence-corrected chi connectivity index (χ0v) is 25.9. The molecule has 4 rings (SSSR count). The maximum atomic E-state index is 11.7. The second-order valence-corrected chi connectivity index (χ2v) is 9.65. The number of aryl methyl sites for hydroxylation is 3. The van der Waals surface area contributed by atoms with E-state index in [9.17, 15) is 9.90 Å². The molecule has 1 radical (unpaired) electrons. The number of ketones is 1. The summed E-state index contributed by atoms with van der Waals surface area (Å²) in [5, 5.41) is 10.8. The van der Waals surface area contributed by atoms with Gasteiger partial charge in [0.15, 0.2) is 5.78 Å². The molecule has 0 saturated carbocycles. The van der Waals surface area contributed by atoms with E-state index in [1.54, 1.807) is 0 Å². The van der Waals surface area contributed by atoms with Crippen molar-refractivity contribution in [1.82, 2.24) is 9.97 Å². The van der Waals surface area contributed by atoms with Crippen LogP contribution in [0.2, 0.25) is 0 Å². The van der Waals surface area contributed by atoms with E-state index >= 15 is 0 Å². The van der Waals surface area contributed by atoms with Gasteiger partial charge in [0.05, 0.1) is 5.76 Å². The average molecular weight is 708 g/mol. The Labute approximate surface area is 247 Å². The molecule has 4 aromatic rings. The molecule has 39 heavy (non-hydrogen) atoms. The van der Waals surface area contributed by atoms with Crippen molar-refractivity contribution in [2.45, 2.75) is 81.6 Å². The number of hydrogen-bond acceptors (Lipinski definition) is 5. The van der Waals surface area contributed by atoms with Crippen LogP contribution in [0.15, 0.2) is 52.7 Å². The molecule has 0 unspecified atom stereocenters. The third-order valence-electron chi connectivity index (χ3n) is 6.82. The second-order valence-electron chi connectivity index (χ2n) is 9.65. The monoisotopic (exact) mass is 708 g/mol. The molecular formula is C33H43IrN2O3-. The fraction of sp³-hybridized carbons (Fsp3) is 0.424. The van der Waals surface area contributed by atoms with E-state index in [2.05, 4.69) is 35.1 Å². The minimum absolute atomic E-state index is 0. The molecule has 6 heteroatoms. The maximum absolute atomic E-state index is 11.7. The van der Waals surface area contributed by atoms with Crippen LogP contribution >= 0.6 is 0 Å². The van der Waals surface area contributed by atoms with Crippen LogP contribution in [0.25, 0.3) is 33.3 Å². The number of aliphatic hydroxyl groups is 1. The Morgan fingerprint density at radius 1 is 0.974 bits per heavy atom. The molecule has 0 aliphatic heterocycles. The Bertz CT molecular complexity index is 1380. The predicted octanol–water partition coefficient (Wildman–Crippen LogP) is 9.27. The smallest absolute Gasteiger partial charge is 0.162 e. The van der Waals surface area contributed by atoms with Crippen molar-refractivity contribution in [1.29, 1.82) is 0 Å². The van der Waals surface area contributed by atoms with Crippen molar-refractivity contribution >= 4 is 27.9 Å². The summed E-state index contributed by atoms with van der Waals surface area (Å²) in [6, 6.07) is 15.5. The van der Waals surface area contributed by atoms with E-state index in [1.165, 1.54) is 11.6 Å². The van der Waals surface area contributed by atoms with E-state index in [0.717, 1.165) is 70.4 Å². The molecule has 0 amide bonds. The summed E-state index contributed by atoms with van der Waals surface area (Å²) in [6.45, 7) is 14.1. The molecule has 2 aromatic heterocycles. The normalized spacial score (nSPS) is 11.3. The number of carbonyl (C=O) groups excluding carboxylic acids is 1. The Morgan fingerprint density at radius 3 is 2.18 bits per heavy atom. The van der Waals surface area contributed by atoms with Gasteiger partial charge in [0, 0.05) is 49.1 Å². The first-order chi connectivity index (χ1) is 17.7. The standard InChI is InChI=1S/C19H15N2O.C13H24O2.CH4.Ir/c1-11-8-12(2)10-14(9-11)17-19-18(21-13(3)20-17)15-6-4-5-7-16(15)22-19;1-5-10(6-2)12(14)9-13(15)11(7-3)8-4;;/h4-9H,1-3H3;9-11,14H,5-8H2,1-4H3;1H4;/q-1;;;. The quantitative estimate of drug-likeness (QED) is 0.112. The van der Waals surface area contributed by atoms with Gasteiger partial charge in [-0.05, 0) is 44.7 Å². The maximum Gasteiger partial charge on any atom is 0.162 e. The summed E-state index contributed by atoms with van der Waals surface area (Å²) < 4.78 is 6.03. The summed E-state index contributed by atoms with van der Waals surface area (Å²) in [5.41, 5.74) is 6.47. The van der Waals surface area contributed by atoms with Gasteiger partial charge in [-0.1, -0.05) is 61.1 Å². The van der Waals surface area contributed by atoms with Crippen LogP contribution in [0.4, 0.5) is 0 Å². The van der Waals surface area contributed by atoms with Crippen LogP contribution in [0, 0.1) is 38.7 Å².